The molecule has 0 fully saturated rings. The van der Waals surface area contributed by atoms with Crippen molar-refractivity contribution in [3.8, 4) is 11.5 Å². The van der Waals surface area contributed by atoms with Crippen molar-refractivity contribution in [2.45, 2.75) is 19.8 Å². The number of hydrogen-bond donors (Lipinski definition) is 0. The number of ketones is 1. The van der Waals surface area contributed by atoms with E-state index in [1.807, 2.05) is 19.1 Å². The molecule has 0 amide bonds. The molecule has 1 unspecified atom stereocenters. The van der Waals surface area contributed by atoms with E-state index in [-0.39, 0.29) is 12.4 Å². The van der Waals surface area contributed by atoms with E-state index in [0.29, 0.717) is 22.6 Å². The van der Waals surface area contributed by atoms with E-state index in [0.717, 1.165) is 5.56 Å². The summed E-state index contributed by atoms with van der Waals surface area (Å²) in [6.45, 7) is 3.82. The number of carbonyl (C=O) groups excluding carboxylic acids is 2. The minimum absolute atomic E-state index is 0.183. The Morgan fingerprint density at radius 2 is 1.68 bits per heavy atom. The Kier molecular flexibility index (Phi) is 6.17. The third kappa shape index (κ3) is 4.18. The number of Topliss-reactive ketones (excluding diaryl/α,β-unsaturated/α-hetero) is 1. The predicted molar refractivity (Wildman–Crippen MR) is 94.4 cm³/mol. The summed E-state index contributed by atoms with van der Waals surface area (Å²) in [7, 11) is 3.01. The molecular formula is C20H22O5. The Morgan fingerprint density at radius 3 is 2.24 bits per heavy atom. The van der Waals surface area contributed by atoms with Crippen molar-refractivity contribution in [3.63, 3.8) is 0 Å². The first-order valence-electron chi connectivity index (χ1n) is 8.01. The van der Waals surface area contributed by atoms with Gasteiger partial charge in [0.2, 0.25) is 0 Å². The molecule has 2 aromatic carbocycles. The van der Waals surface area contributed by atoms with E-state index in [9.17, 15) is 9.59 Å². The quantitative estimate of drug-likeness (QED) is 0.437. The molecule has 0 aromatic heterocycles. The van der Waals surface area contributed by atoms with Gasteiger partial charge in [0.1, 0.15) is 17.4 Å². The second-order valence-electron chi connectivity index (χ2n) is 5.52. The van der Waals surface area contributed by atoms with E-state index in [1.54, 1.807) is 37.3 Å². The standard InChI is InChI=1S/C20H22O5/c1-5-25-20(22)18(19(21)14-8-6-13(2)7-9-14)16-12-15(23-3)10-11-17(16)24-4/h6-12,18H,5H2,1-4H3. The van der Waals surface area contributed by atoms with E-state index >= 15 is 0 Å². The topological polar surface area (TPSA) is 61.8 Å². The Balaban J connectivity index is 2.55. The molecule has 0 aliphatic heterocycles. The zero-order valence-electron chi connectivity index (χ0n) is 14.9. The van der Waals surface area contributed by atoms with E-state index in [2.05, 4.69) is 0 Å². The minimum Gasteiger partial charge on any atom is -0.497 e. The highest BCUT2D eigenvalue weighted by atomic mass is 16.5. The molecule has 2 rings (SSSR count). The Labute approximate surface area is 147 Å². The van der Waals surface area contributed by atoms with Crippen molar-refractivity contribution in [3.05, 3.63) is 59.2 Å². The average Bonchev–Trinajstić information content (AvgIpc) is 2.62. The van der Waals surface area contributed by atoms with E-state index in [1.165, 1.54) is 14.2 Å². The van der Waals surface area contributed by atoms with Gasteiger partial charge >= 0.3 is 5.97 Å². The van der Waals surface area contributed by atoms with Gasteiger partial charge in [-0.1, -0.05) is 29.8 Å². The van der Waals surface area contributed by atoms with Gasteiger partial charge in [-0.3, -0.25) is 9.59 Å². The Hall–Kier alpha value is -2.82. The first kappa shape index (κ1) is 18.5. The van der Waals surface area contributed by atoms with Gasteiger partial charge in [-0.25, -0.2) is 0 Å². The molecule has 0 bridgehead atoms. The van der Waals surface area contributed by atoms with Crippen LogP contribution in [0.25, 0.3) is 0 Å². The van der Waals surface area contributed by atoms with Crippen molar-refractivity contribution in [2.24, 2.45) is 0 Å². The molecule has 0 aliphatic rings. The summed E-state index contributed by atoms with van der Waals surface area (Å²) in [5.41, 5.74) is 1.89. The zero-order chi connectivity index (χ0) is 18.4. The van der Waals surface area contributed by atoms with Crippen LogP contribution in [-0.2, 0) is 9.53 Å². The van der Waals surface area contributed by atoms with Crippen LogP contribution >= 0.6 is 0 Å². The van der Waals surface area contributed by atoms with Crippen LogP contribution in [0.15, 0.2) is 42.5 Å². The summed E-state index contributed by atoms with van der Waals surface area (Å²) in [6, 6.07) is 12.1. The number of ether oxygens (including phenoxy) is 3. The molecule has 0 spiro atoms. The molecular weight excluding hydrogens is 320 g/mol. The van der Waals surface area contributed by atoms with E-state index in [4.69, 9.17) is 14.2 Å². The average molecular weight is 342 g/mol. The number of hydrogen-bond acceptors (Lipinski definition) is 5. The highest BCUT2D eigenvalue weighted by Gasteiger charge is 2.33. The van der Waals surface area contributed by atoms with Gasteiger partial charge in [0.25, 0.3) is 0 Å². The van der Waals surface area contributed by atoms with Crippen LogP contribution in [0.5, 0.6) is 11.5 Å². The van der Waals surface area contributed by atoms with Crippen molar-refractivity contribution >= 4 is 11.8 Å². The van der Waals surface area contributed by atoms with Crippen LogP contribution in [0.1, 0.15) is 34.3 Å². The number of benzene rings is 2. The van der Waals surface area contributed by atoms with Gasteiger partial charge in [-0.15, -0.1) is 0 Å². The smallest absolute Gasteiger partial charge is 0.321 e. The molecule has 25 heavy (non-hydrogen) atoms. The van der Waals surface area contributed by atoms with Gasteiger partial charge in [0.15, 0.2) is 5.78 Å². The monoisotopic (exact) mass is 342 g/mol. The molecule has 2 aromatic rings. The van der Waals surface area contributed by atoms with Crippen LogP contribution in [-0.4, -0.2) is 32.6 Å². The number of rotatable bonds is 7. The lowest BCUT2D eigenvalue weighted by Crippen LogP contribution is -2.25. The van der Waals surface area contributed by atoms with Gasteiger partial charge in [-0.05, 0) is 32.0 Å². The summed E-state index contributed by atoms with van der Waals surface area (Å²) in [4.78, 5) is 25.6. The first-order valence-corrected chi connectivity index (χ1v) is 8.01. The Morgan fingerprint density at radius 1 is 1.00 bits per heavy atom. The van der Waals surface area contributed by atoms with Crippen LogP contribution in [0, 0.1) is 6.92 Å². The Bertz CT molecular complexity index is 749. The molecule has 5 nitrogen and oxygen atoms in total. The number of esters is 1. The van der Waals surface area contributed by atoms with Gasteiger partial charge < -0.3 is 14.2 Å². The maximum absolute atomic E-state index is 13.0. The summed E-state index contributed by atoms with van der Waals surface area (Å²) in [5, 5.41) is 0. The second-order valence-corrected chi connectivity index (χ2v) is 5.52. The minimum atomic E-state index is -1.12. The highest BCUT2D eigenvalue weighted by molar-refractivity contribution is 6.13. The predicted octanol–water partition coefficient (Wildman–Crippen LogP) is 3.54. The molecule has 0 saturated heterocycles. The first-order chi connectivity index (χ1) is 12.0. The third-order valence-corrected chi connectivity index (χ3v) is 3.87. The summed E-state index contributed by atoms with van der Waals surface area (Å²) in [5.74, 6) is -1.11. The summed E-state index contributed by atoms with van der Waals surface area (Å²) >= 11 is 0. The van der Waals surface area contributed by atoms with Gasteiger partial charge in [0.05, 0.1) is 20.8 Å². The fraction of sp³-hybridized carbons (Fsp3) is 0.300. The maximum atomic E-state index is 13.0. The van der Waals surface area contributed by atoms with E-state index < -0.39 is 11.9 Å². The van der Waals surface area contributed by atoms with Gasteiger partial charge in [0, 0.05) is 11.1 Å². The summed E-state index contributed by atoms with van der Waals surface area (Å²) in [6.07, 6.45) is 0. The zero-order valence-corrected chi connectivity index (χ0v) is 14.9. The van der Waals surface area contributed by atoms with Crippen molar-refractivity contribution < 1.29 is 23.8 Å². The fourth-order valence-electron chi connectivity index (χ4n) is 2.55. The third-order valence-electron chi connectivity index (χ3n) is 3.87. The lowest BCUT2D eigenvalue weighted by Gasteiger charge is -2.18. The molecule has 0 radical (unpaired) electrons. The fourth-order valence-corrected chi connectivity index (χ4v) is 2.55. The number of carbonyl (C=O) groups is 2. The highest BCUT2D eigenvalue weighted by Crippen LogP contribution is 2.33. The second kappa shape index (κ2) is 8.33. The van der Waals surface area contributed by atoms with Crippen molar-refractivity contribution in [1.29, 1.82) is 0 Å². The molecule has 132 valence electrons. The molecule has 0 N–H and O–H groups in total. The van der Waals surface area contributed by atoms with Gasteiger partial charge in [-0.2, -0.15) is 0 Å². The normalized spacial score (nSPS) is 11.5. The summed E-state index contributed by atoms with van der Waals surface area (Å²) < 4.78 is 15.7. The number of methoxy groups -OCH3 is 2. The van der Waals surface area contributed by atoms with Crippen molar-refractivity contribution in [1.82, 2.24) is 0 Å². The number of aryl methyl sites for hydroxylation is 1. The van der Waals surface area contributed by atoms with Crippen molar-refractivity contribution in [2.75, 3.05) is 20.8 Å². The molecule has 0 aliphatic carbocycles. The molecule has 0 heterocycles. The lowest BCUT2D eigenvalue weighted by atomic mass is 9.89. The molecule has 5 heteroatoms. The van der Waals surface area contributed by atoms with Crippen LogP contribution in [0.4, 0.5) is 0 Å². The molecule has 1 atom stereocenters. The van der Waals surface area contributed by atoms with Crippen LogP contribution < -0.4 is 9.47 Å². The lowest BCUT2D eigenvalue weighted by molar-refractivity contribution is -0.143. The van der Waals surface area contributed by atoms with Crippen LogP contribution in [0.3, 0.4) is 0 Å². The molecule has 0 saturated carbocycles. The van der Waals surface area contributed by atoms with Crippen LogP contribution in [0.2, 0.25) is 0 Å². The largest absolute Gasteiger partial charge is 0.497 e. The SMILES string of the molecule is CCOC(=O)C(C(=O)c1ccc(C)cc1)c1cc(OC)ccc1OC. The maximum Gasteiger partial charge on any atom is 0.321 e.